The smallest absolute Gasteiger partial charge is 0.328 e. The number of hydrogen-bond donors (Lipinski definition) is 4. The van der Waals surface area contributed by atoms with Gasteiger partial charge < -0.3 is 25.0 Å². The maximum absolute atomic E-state index is 12.3. The molecule has 3 rings (SSSR count). The van der Waals surface area contributed by atoms with Gasteiger partial charge in [-0.25, -0.2) is 4.79 Å². The number of nitrogens with one attached hydrogen (secondary N) is 1. The first-order valence-corrected chi connectivity index (χ1v) is 6.51. The van der Waals surface area contributed by atoms with Crippen molar-refractivity contribution < 1.29 is 20.1 Å². The molecule has 20 heavy (non-hydrogen) atoms. The highest BCUT2D eigenvalue weighted by molar-refractivity contribution is 5.15. The highest BCUT2D eigenvalue weighted by Gasteiger charge is 2.44. The number of aromatic amines is 1. The van der Waals surface area contributed by atoms with Crippen LogP contribution in [0.2, 0.25) is 0 Å². The summed E-state index contributed by atoms with van der Waals surface area (Å²) in [7, 11) is 0. The van der Waals surface area contributed by atoms with Crippen LogP contribution >= 0.6 is 0 Å². The molecule has 110 valence electrons. The number of rotatable bonds is 3. The maximum Gasteiger partial charge on any atom is 0.328 e. The van der Waals surface area contributed by atoms with Crippen molar-refractivity contribution in [1.29, 1.82) is 0 Å². The molecule has 1 aliphatic heterocycles. The molecule has 1 aromatic heterocycles. The minimum Gasteiger partial charge on any atom is -0.394 e. The van der Waals surface area contributed by atoms with E-state index in [4.69, 9.17) is 9.84 Å². The number of ether oxygens (including phenoxy) is 1. The van der Waals surface area contributed by atoms with E-state index in [0.29, 0.717) is 0 Å². The number of H-pyrrole nitrogens is 1. The number of nitrogens with zero attached hydrogens (tertiary/aromatic N) is 1. The Morgan fingerprint density at radius 3 is 2.55 bits per heavy atom. The van der Waals surface area contributed by atoms with Crippen LogP contribution in [0.4, 0.5) is 0 Å². The molecule has 0 unspecified atom stereocenters. The highest BCUT2D eigenvalue weighted by atomic mass is 16.6. The van der Waals surface area contributed by atoms with Crippen molar-refractivity contribution in [2.24, 2.45) is 0 Å². The van der Waals surface area contributed by atoms with Gasteiger partial charge in [0.1, 0.15) is 24.4 Å². The van der Waals surface area contributed by atoms with Gasteiger partial charge in [-0.1, -0.05) is 0 Å². The summed E-state index contributed by atoms with van der Waals surface area (Å²) >= 11 is 0. The molecule has 0 aromatic carbocycles. The molecule has 1 saturated heterocycles. The van der Waals surface area contributed by atoms with Gasteiger partial charge in [0, 0.05) is 12.2 Å². The lowest BCUT2D eigenvalue weighted by Gasteiger charge is -2.15. The van der Waals surface area contributed by atoms with Crippen LogP contribution in [0.3, 0.4) is 0 Å². The number of aliphatic hydroxyl groups excluding tert-OH is 3. The molecule has 0 amide bonds. The Hall–Kier alpha value is -1.48. The fourth-order valence-electron chi connectivity index (χ4n) is 2.53. The summed E-state index contributed by atoms with van der Waals surface area (Å²) in [6.45, 7) is -0.463. The molecule has 2 heterocycles. The van der Waals surface area contributed by atoms with Crippen LogP contribution in [-0.4, -0.2) is 49.8 Å². The zero-order chi connectivity index (χ0) is 14.4. The van der Waals surface area contributed by atoms with E-state index >= 15 is 0 Å². The molecular weight excluding hydrogens is 268 g/mol. The van der Waals surface area contributed by atoms with Gasteiger partial charge in [0.2, 0.25) is 0 Å². The fourth-order valence-corrected chi connectivity index (χ4v) is 2.53. The van der Waals surface area contributed by atoms with E-state index in [-0.39, 0.29) is 11.6 Å². The third-order valence-electron chi connectivity index (χ3n) is 3.80. The van der Waals surface area contributed by atoms with E-state index in [2.05, 4.69) is 4.98 Å². The second-order valence-electron chi connectivity index (χ2n) is 5.21. The molecule has 0 bridgehead atoms. The van der Waals surface area contributed by atoms with Crippen molar-refractivity contribution in [3.05, 3.63) is 32.6 Å². The minimum atomic E-state index is -1.32. The first-order chi connectivity index (χ1) is 9.54. The summed E-state index contributed by atoms with van der Waals surface area (Å²) in [5.41, 5.74) is -0.932. The Labute approximate surface area is 113 Å². The summed E-state index contributed by atoms with van der Waals surface area (Å²) in [6.07, 6.45) is -1.87. The standard InChI is InChI=1S/C12H16N2O6/c15-4-7-8(16)9(17)10(20-7)6-3-13-12(19)14(11(6)18)5-1-2-5/h3,5,7-10,15-17H,1-2,4H2,(H,13,19)/t7-,8-,9-,10+/m1/s1. The Morgan fingerprint density at radius 1 is 1.30 bits per heavy atom. The van der Waals surface area contributed by atoms with E-state index < -0.39 is 42.3 Å². The zero-order valence-electron chi connectivity index (χ0n) is 10.6. The number of hydrogen-bond acceptors (Lipinski definition) is 6. The van der Waals surface area contributed by atoms with Crippen LogP contribution in [0.25, 0.3) is 0 Å². The van der Waals surface area contributed by atoms with Crippen molar-refractivity contribution in [3.8, 4) is 0 Å². The van der Waals surface area contributed by atoms with E-state index in [1.54, 1.807) is 0 Å². The molecule has 0 radical (unpaired) electrons. The molecule has 1 aliphatic carbocycles. The van der Waals surface area contributed by atoms with Crippen LogP contribution in [0, 0.1) is 0 Å². The third-order valence-corrected chi connectivity index (χ3v) is 3.80. The Bertz CT molecular complexity index is 619. The molecule has 4 atom stereocenters. The van der Waals surface area contributed by atoms with E-state index in [0.717, 1.165) is 17.4 Å². The Kier molecular flexibility index (Phi) is 3.25. The van der Waals surface area contributed by atoms with Crippen LogP contribution in [-0.2, 0) is 4.74 Å². The third kappa shape index (κ3) is 2.01. The SMILES string of the molecule is O=c1[nH]cc([C@@H]2O[C@H](CO)[C@@H](O)[C@H]2O)c(=O)n1C1CC1. The molecule has 8 nitrogen and oxygen atoms in total. The molecular formula is C12H16N2O6. The van der Waals surface area contributed by atoms with Crippen molar-refractivity contribution in [1.82, 2.24) is 9.55 Å². The van der Waals surface area contributed by atoms with Crippen molar-refractivity contribution in [2.75, 3.05) is 6.61 Å². The van der Waals surface area contributed by atoms with Gasteiger partial charge in [-0.3, -0.25) is 9.36 Å². The quantitative estimate of drug-likeness (QED) is 0.510. The monoisotopic (exact) mass is 284 g/mol. The van der Waals surface area contributed by atoms with E-state index in [1.165, 1.54) is 6.20 Å². The molecule has 0 spiro atoms. The second-order valence-corrected chi connectivity index (χ2v) is 5.21. The number of aromatic nitrogens is 2. The first-order valence-electron chi connectivity index (χ1n) is 6.51. The summed E-state index contributed by atoms with van der Waals surface area (Å²) in [5.74, 6) is 0. The van der Waals surface area contributed by atoms with E-state index in [1.807, 2.05) is 0 Å². The van der Waals surface area contributed by atoms with Gasteiger partial charge in [0.25, 0.3) is 5.56 Å². The first kappa shape index (κ1) is 13.5. The molecule has 1 saturated carbocycles. The van der Waals surface area contributed by atoms with Gasteiger partial charge >= 0.3 is 5.69 Å². The Morgan fingerprint density at radius 2 is 2.00 bits per heavy atom. The predicted molar refractivity (Wildman–Crippen MR) is 66.3 cm³/mol. The van der Waals surface area contributed by atoms with Crippen molar-refractivity contribution in [2.45, 2.75) is 43.3 Å². The maximum atomic E-state index is 12.3. The lowest BCUT2D eigenvalue weighted by molar-refractivity contribution is -0.0233. The lowest BCUT2D eigenvalue weighted by Crippen LogP contribution is -2.39. The average Bonchev–Trinajstić information content (AvgIpc) is 3.20. The van der Waals surface area contributed by atoms with Crippen molar-refractivity contribution in [3.63, 3.8) is 0 Å². The summed E-state index contributed by atoms with van der Waals surface area (Å²) in [4.78, 5) is 26.4. The highest BCUT2D eigenvalue weighted by Crippen LogP contribution is 2.34. The predicted octanol–water partition coefficient (Wildman–Crippen LogP) is -1.97. The van der Waals surface area contributed by atoms with Gasteiger partial charge in [-0.2, -0.15) is 0 Å². The van der Waals surface area contributed by atoms with E-state index in [9.17, 15) is 19.8 Å². The largest absolute Gasteiger partial charge is 0.394 e. The number of aliphatic hydroxyl groups is 3. The molecule has 2 aliphatic rings. The molecule has 8 heteroatoms. The summed E-state index contributed by atoms with van der Waals surface area (Å²) in [5, 5.41) is 28.7. The van der Waals surface area contributed by atoms with Crippen molar-refractivity contribution >= 4 is 0 Å². The van der Waals surface area contributed by atoms with Gasteiger partial charge in [-0.15, -0.1) is 0 Å². The fraction of sp³-hybridized carbons (Fsp3) is 0.667. The van der Waals surface area contributed by atoms with Gasteiger partial charge in [0.05, 0.1) is 12.2 Å². The van der Waals surface area contributed by atoms with Crippen LogP contribution in [0.15, 0.2) is 15.8 Å². The lowest BCUT2D eigenvalue weighted by atomic mass is 10.0. The summed E-state index contributed by atoms with van der Waals surface area (Å²) in [6, 6.07) is -0.108. The zero-order valence-corrected chi connectivity index (χ0v) is 10.6. The molecule has 4 N–H and O–H groups in total. The minimum absolute atomic E-state index is 0.0824. The average molecular weight is 284 g/mol. The van der Waals surface area contributed by atoms with Gasteiger partial charge in [-0.05, 0) is 12.8 Å². The molecule has 2 fully saturated rings. The van der Waals surface area contributed by atoms with Crippen LogP contribution < -0.4 is 11.2 Å². The normalized spacial score (nSPS) is 33.5. The summed E-state index contributed by atoms with van der Waals surface area (Å²) < 4.78 is 6.43. The van der Waals surface area contributed by atoms with Crippen LogP contribution in [0.1, 0.15) is 30.6 Å². The van der Waals surface area contributed by atoms with Gasteiger partial charge in [0.15, 0.2) is 0 Å². The molecule has 1 aromatic rings. The van der Waals surface area contributed by atoms with Crippen LogP contribution in [0.5, 0.6) is 0 Å². The second kappa shape index (κ2) is 4.81. The topological polar surface area (TPSA) is 125 Å². The Balaban J connectivity index is 2.01.